The summed E-state index contributed by atoms with van der Waals surface area (Å²) in [7, 11) is -0.376. The molecule has 0 atom stereocenters. The molecule has 1 aromatic carbocycles. The van der Waals surface area contributed by atoms with E-state index in [0.29, 0.717) is 6.54 Å². The van der Waals surface area contributed by atoms with Crippen LogP contribution in [0.3, 0.4) is 0 Å². The molecule has 0 bridgehead atoms. The second kappa shape index (κ2) is 6.34. The average molecular weight is 313 g/mol. The fourth-order valence-corrected chi connectivity index (χ4v) is 2.31. The van der Waals surface area contributed by atoms with Crippen LogP contribution in [0.1, 0.15) is 33.3 Å². The van der Waals surface area contributed by atoms with Crippen molar-refractivity contribution in [3.8, 4) is 0 Å². The van der Waals surface area contributed by atoms with Gasteiger partial charge in [-0.3, -0.25) is 4.79 Å². The first-order chi connectivity index (χ1) is 10.7. The molecule has 0 unspecified atom stereocenters. The maximum absolute atomic E-state index is 11.7. The Bertz CT molecular complexity index is 591. The van der Waals surface area contributed by atoms with Gasteiger partial charge < -0.3 is 14.2 Å². The van der Waals surface area contributed by atoms with E-state index < -0.39 is 0 Å². The lowest BCUT2D eigenvalue weighted by atomic mass is 9.79. The SMILES string of the molecule is C=CC(=O)N(C=C)Cc1ccc(B2OC(C)(C)C(C)(C)O2)cc1. The van der Waals surface area contributed by atoms with Gasteiger partial charge in [0.25, 0.3) is 0 Å². The molecule has 0 radical (unpaired) electrons. The fourth-order valence-electron chi connectivity index (χ4n) is 2.31. The van der Waals surface area contributed by atoms with Gasteiger partial charge in [-0.25, -0.2) is 0 Å². The van der Waals surface area contributed by atoms with Crippen LogP contribution in [0.15, 0.2) is 49.7 Å². The molecule has 1 aliphatic rings. The monoisotopic (exact) mass is 313 g/mol. The van der Waals surface area contributed by atoms with Crippen molar-refractivity contribution in [3.63, 3.8) is 0 Å². The van der Waals surface area contributed by atoms with Crippen LogP contribution in [0.5, 0.6) is 0 Å². The smallest absolute Gasteiger partial charge is 0.399 e. The molecule has 122 valence electrons. The maximum atomic E-state index is 11.7. The highest BCUT2D eigenvalue weighted by atomic mass is 16.7. The lowest BCUT2D eigenvalue weighted by Crippen LogP contribution is -2.41. The molecule has 5 heteroatoms. The van der Waals surface area contributed by atoms with Gasteiger partial charge in [-0.05, 0) is 44.8 Å². The summed E-state index contributed by atoms with van der Waals surface area (Å²) in [5, 5.41) is 0. The second-order valence-corrected chi connectivity index (χ2v) is 6.68. The van der Waals surface area contributed by atoms with E-state index in [-0.39, 0.29) is 24.2 Å². The molecule has 1 aliphatic heterocycles. The Morgan fingerprint density at radius 1 is 1.13 bits per heavy atom. The third kappa shape index (κ3) is 3.57. The van der Waals surface area contributed by atoms with Crippen LogP contribution in [-0.2, 0) is 20.6 Å². The number of benzene rings is 1. The predicted molar refractivity (Wildman–Crippen MR) is 93.1 cm³/mol. The van der Waals surface area contributed by atoms with Gasteiger partial charge in [0, 0.05) is 6.20 Å². The van der Waals surface area contributed by atoms with Crippen LogP contribution in [0.2, 0.25) is 0 Å². The molecule has 4 nitrogen and oxygen atoms in total. The molecule has 1 aromatic rings. The van der Waals surface area contributed by atoms with E-state index in [1.807, 2.05) is 52.0 Å². The Kier molecular flexibility index (Phi) is 4.83. The van der Waals surface area contributed by atoms with Crippen LogP contribution in [0.4, 0.5) is 0 Å². The van der Waals surface area contributed by atoms with Gasteiger partial charge in [0.05, 0.1) is 17.7 Å². The molecule has 0 spiro atoms. The van der Waals surface area contributed by atoms with Crippen molar-refractivity contribution >= 4 is 18.5 Å². The van der Waals surface area contributed by atoms with Crippen LogP contribution < -0.4 is 5.46 Å². The first-order valence-corrected chi connectivity index (χ1v) is 7.70. The molecule has 0 aliphatic carbocycles. The third-order valence-electron chi connectivity index (χ3n) is 4.54. The van der Waals surface area contributed by atoms with E-state index in [1.165, 1.54) is 17.2 Å². The quantitative estimate of drug-likeness (QED) is 0.620. The number of hydrogen-bond donors (Lipinski definition) is 0. The zero-order valence-corrected chi connectivity index (χ0v) is 14.3. The lowest BCUT2D eigenvalue weighted by Gasteiger charge is -2.32. The van der Waals surface area contributed by atoms with Gasteiger partial charge >= 0.3 is 7.12 Å². The minimum absolute atomic E-state index is 0.171. The molecular formula is C18H24BNO3. The minimum atomic E-state index is -0.376. The highest BCUT2D eigenvalue weighted by molar-refractivity contribution is 6.62. The van der Waals surface area contributed by atoms with E-state index in [1.54, 1.807) is 0 Å². The molecule has 1 amide bonds. The van der Waals surface area contributed by atoms with E-state index in [0.717, 1.165) is 11.0 Å². The van der Waals surface area contributed by atoms with E-state index in [4.69, 9.17) is 9.31 Å². The second-order valence-electron chi connectivity index (χ2n) is 6.68. The van der Waals surface area contributed by atoms with Gasteiger partial charge in [0.2, 0.25) is 5.91 Å². The number of carbonyl (C=O) groups excluding carboxylic acids is 1. The Morgan fingerprint density at radius 2 is 1.65 bits per heavy atom. The summed E-state index contributed by atoms with van der Waals surface area (Å²) in [6.45, 7) is 15.7. The van der Waals surface area contributed by atoms with E-state index in [9.17, 15) is 4.79 Å². The molecule has 2 rings (SSSR count). The Balaban J connectivity index is 2.10. The van der Waals surface area contributed by atoms with Crippen molar-refractivity contribution < 1.29 is 14.1 Å². The van der Waals surface area contributed by atoms with Gasteiger partial charge in [0.15, 0.2) is 0 Å². The maximum Gasteiger partial charge on any atom is 0.494 e. The summed E-state index contributed by atoms with van der Waals surface area (Å²) in [5.41, 5.74) is 1.26. The molecule has 0 saturated carbocycles. The molecule has 1 fully saturated rings. The molecule has 0 N–H and O–H groups in total. The summed E-state index contributed by atoms with van der Waals surface area (Å²) in [6.07, 6.45) is 2.78. The standard InChI is InChI=1S/C18H24BNO3/c1-7-16(21)20(8-2)13-14-9-11-15(12-10-14)19-22-17(3,4)18(5,6)23-19/h7-12H,1-2,13H2,3-6H3. The van der Waals surface area contributed by atoms with Crippen LogP contribution in [0.25, 0.3) is 0 Å². The molecule has 1 heterocycles. The van der Waals surface area contributed by atoms with Crippen LogP contribution in [0, 0.1) is 0 Å². The van der Waals surface area contributed by atoms with Crippen molar-refractivity contribution in [2.75, 3.05) is 0 Å². The summed E-state index contributed by atoms with van der Waals surface area (Å²) in [5.74, 6) is -0.171. The first kappa shape index (κ1) is 17.5. The van der Waals surface area contributed by atoms with E-state index >= 15 is 0 Å². The van der Waals surface area contributed by atoms with Crippen molar-refractivity contribution in [3.05, 3.63) is 55.3 Å². The highest BCUT2D eigenvalue weighted by Crippen LogP contribution is 2.36. The topological polar surface area (TPSA) is 38.8 Å². The van der Waals surface area contributed by atoms with Gasteiger partial charge in [-0.15, -0.1) is 0 Å². The molecular weight excluding hydrogens is 289 g/mol. The fraction of sp³-hybridized carbons (Fsp3) is 0.389. The molecule has 23 heavy (non-hydrogen) atoms. The van der Waals surface area contributed by atoms with Crippen molar-refractivity contribution in [1.82, 2.24) is 4.90 Å². The Hall–Kier alpha value is -1.85. The summed E-state index contributed by atoms with van der Waals surface area (Å²) >= 11 is 0. The summed E-state index contributed by atoms with van der Waals surface area (Å²) in [4.78, 5) is 13.2. The van der Waals surface area contributed by atoms with Crippen molar-refractivity contribution in [2.24, 2.45) is 0 Å². The number of rotatable bonds is 5. The van der Waals surface area contributed by atoms with Crippen LogP contribution >= 0.6 is 0 Å². The minimum Gasteiger partial charge on any atom is -0.399 e. The van der Waals surface area contributed by atoms with Crippen molar-refractivity contribution in [1.29, 1.82) is 0 Å². The summed E-state index contributed by atoms with van der Waals surface area (Å²) < 4.78 is 12.1. The highest BCUT2D eigenvalue weighted by Gasteiger charge is 2.51. The zero-order chi connectivity index (χ0) is 17.3. The zero-order valence-electron chi connectivity index (χ0n) is 14.3. The molecule has 0 aromatic heterocycles. The van der Waals surface area contributed by atoms with Crippen molar-refractivity contribution in [2.45, 2.75) is 45.4 Å². The van der Waals surface area contributed by atoms with E-state index in [2.05, 4.69) is 13.2 Å². The Labute approximate surface area is 138 Å². The predicted octanol–water partition coefficient (Wildman–Crippen LogP) is 2.64. The Morgan fingerprint density at radius 3 is 2.09 bits per heavy atom. The average Bonchev–Trinajstić information content (AvgIpc) is 2.73. The first-order valence-electron chi connectivity index (χ1n) is 7.70. The normalized spacial score (nSPS) is 18.5. The lowest BCUT2D eigenvalue weighted by molar-refractivity contribution is -0.124. The third-order valence-corrected chi connectivity index (χ3v) is 4.54. The summed E-state index contributed by atoms with van der Waals surface area (Å²) in [6, 6.07) is 7.87. The van der Waals surface area contributed by atoms with Gasteiger partial charge in [0.1, 0.15) is 0 Å². The van der Waals surface area contributed by atoms with Gasteiger partial charge in [-0.2, -0.15) is 0 Å². The molecule has 1 saturated heterocycles. The number of nitrogens with zero attached hydrogens (tertiary/aromatic N) is 1. The largest absolute Gasteiger partial charge is 0.494 e. The number of carbonyl (C=O) groups is 1. The number of amides is 1. The number of hydrogen-bond acceptors (Lipinski definition) is 3. The van der Waals surface area contributed by atoms with Crippen LogP contribution in [-0.4, -0.2) is 29.1 Å². The van der Waals surface area contributed by atoms with Gasteiger partial charge in [-0.1, -0.05) is 37.4 Å².